The Bertz CT molecular complexity index is 1090. The molecule has 7 nitrogen and oxygen atoms in total. The van der Waals surface area contributed by atoms with Gasteiger partial charge in [-0.2, -0.15) is 5.10 Å². The summed E-state index contributed by atoms with van der Waals surface area (Å²) in [6.45, 7) is 5.47. The van der Waals surface area contributed by atoms with Gasteiger partial charge in [-0.15, -0.1) is 0 Å². The van der Waals surface area contributed by atoms with Crippen molar-refractivity contribution in [2.45, 2.75) is 39.2 Å². The Morgan fingerprint density at radius 3 is 2.71 bits per heavy atom. The average molecular weight is 459 g/mol. The Hall–Kier alpha value is -2.64. The Kier molecular flexibility index (Phi) is 6.43. The van der Waals surface area contributed by atoms with Crippen molar-refractivity contribution in [2.75, 3.05) is 18.0 Å². The first-order chi connectivity index (χ1) is 14.9. The second-order valence-corrected chi connectivity index (χ2v) is 8.55. The molecule has 0 aliphatic carbocycles. The number of carbonyl (C=O) groups excluding carboxylic acids is 1. The molecule has 1 unspecified atom stereocenters. The van der Waals surface area contributed by atoms with E-state index in [0.29, 0.717) is 22.5 Å². The van der Waals surface area contributed by atoms with Crippen molar-refractivity contribution in [3.8, 4) is 5.69 Å². The lowest BCUT2D eigenvalue weighted by Gasteiger charge is -2.33. The average Bonchev–Trinajstić information content (AvgIpc) is 3.05. The minimum atomic E-state index is -0.0132. The van der Waals surface area contributed by atoms with Crippen LogP contribution in [0.1, 0.15) is 29.8 Å². The number of benzene rings is 1. The number of anilines is 1. The molecule has 2 aromatic heterocycles. The van der Waals surface area contributed by atoms with Gasteiger partial charge in [0.1, 0.15) is 0 Å². The van der Waals surface area contributed by atoms with Crippen LogP contribution in [0.15, 0.2) is 36.7 Å². The van der Waals surface area contributed by atoms with Crippen LogP contribution in [-0.2, 0) is 11.2 Å². The number of nitrogens with zero attached hydrogens (tertiary/aromatic N) is 5. The van der Waals surface area contributed by atoms with E-state index in [9.17, 15) is 4.79 Å². The molecule has 0 radical (unpaired) electrons. The normalized spacial score (nSPS) is 16.4. The monoisotopic (exact) mass is 458 g/mol. The van der Waals surface area contributed by atoms with E-state index < -0.39 is 0 Å². The summed E-state index contributed by atoms with van der Waals surface area (Å²) < 4.78 is 1.80. The molecular formula is C22H24Cl2N6O. The van der Waals surface area contributed by atoms with Crippen molar-refractivity contribution in [3.05, 3.63) is 63.7 Å². The highest BCUT2D eigenvalue weighted by atomic mass is 35.5. The number of amides is 1. The summed E-state index contributed by atoms with van der Waals surface area (Å²) in [5.41, 5.74) is 3.46. The minimum Gasteiger partial charge on any atom is -0.351 e. The highest BCUT2D eigenvalue weighted by Gasteiger charge is 2.24. The van der Waals surface area contributed by atoms with Crippen LogP contribution in [0.25, 0.3) is 5.69 Å². The van der Waals surface area contributed by atoms with Crippen molar-refractivity contribution in [2.24, 2.45) is 0 Å². The molecule has 0 bridgehead atoms. The standard InChI is InChI=1S/C22H24Cl2N6O/c1-14-18(15(2)30(28-14)17-6-7-19(23)20(24)11-17)12-21(31)27-16-5-3-10-29(13-16)22-25-8-4-9-26-22/h4,6-9,11,16H,3,5,10,12-13H2,1-2H3,(H,27,31). The first-order valence-corrected chi connectivity index (χ1v) is 11.0. The molecule has 31 heavy (non-hydrogen) atoms. The van der Waals surface area contributed by atoms with Gasteiger partial charge in [0.25, 0.3) is 0 Å². The van der Waals surface area contributed by atoms with Gasteiger partial charge in [0.2, 0.25) is 11.9 Å². The fraction of sp³-hybridized carbons (Fsp3) is 0.364. The summed E-state index contributed by atoms with van der Waals surface area (Å²) in [7, 11) is 0. The van der Waals surface area contributed by atoms with Gasteiger partial charge in [-0.1, -0.05) is 23.2 Å². The Morgan fingerprint density at radius 1 is 1.19 bits per heavy atom. The number of hydrogen-bond donors (Lipinski definition) is 1. The molecule has 1 aliphatic heterocycles. The maximum atomic E-state index is 12.8. The number of aryl methyl sites for hydroxylation is 1. The fourth-order valence-corrected chi connectivity index (χ4v) is 4.26. The Balaban J connectivity index is 1.44. The number of carbonyl (C=O) groups is 1. The number of aromatic nitrogens is 4. The van der Waals surface area contributed by atoms with Gasteiger partial charge in [0.05, 0.1) is 27.8 Å². The molecule has 1 amide bonds. The molecule has 0 saturated carbocycles. The van der Waals surface area contributed by atoms with Crippen LogP contribution in [0.2, 0.25) is 10.0 Å². The third-order valence-corrected chi connectivity index (χ3v) is 6.29. The lowest BCUT2D eigenvalue weighted by molar-refractivity contribution is -0.121. The summed E-state index contributed by atoms with van der Waals surface area (Å²) in [5, 5.41) is 8.75. The van der Waals surface area contributed by atoms with Gasteiger partial charge in [0, 0.05) is 42.8 Å². The fourth-order valence-electron chi connectivity index (χ4n) is 3.97. The molecule has 9 heteroatoms. The van der Waals surface area contributed by atoms with E-state index in [0.717, 1.165) is 42.0 Å². The summed E-state index contributed by atoms with van der Waals surface area (Å²) in [5.74, 6) is 0.691. The zero-order valence-electron chi connectivity index (χ0n) is 17.5. The Morgan fingerprint density at radius 2 is 1.97 bits per heavy atom. The number of halogens is 2. The molecule has 1 atom stereocenters. The second kappa shape index (κ2) is 9.24. The quantitative estimate of drug-likeness (QED) is 0.626. The van der Waals surface area contributed by atoms with Gasteiger partial charge in [-0.25, -0.2) is 14.6 Å². The van der Waals surface area contributed by atoms with Crippen molar-refractivity contribution in [3.63, 3.8) is 0 Å². The molecule has 1 saturated heterocycles. The molecular weight excluding hydrogens is 435 g/mol. The number of hydrogen-bond acceptors (Lipinski definition) is 5. The highest BCUT2D eigenvalue weighted by Crippen LogP contribution is 2.26. The molecule has 1 fully saturated rings. The zero-order chi connectivity index (χ0) is 22.0. The molecule has 1 aromatic carbocycles. The molecule has 162 valence electrons. The largest absolute Gasteiger partial charge is 0.351 e. The van der Waals surface area contributed by atoms with E-state index in [1.165, 1.54) is 0 Å². The maximum absolute atomic E-state index is 12.8. The molecule has 4 rings (SSSR count). The van der Waals surface area contributed by atoms with Crippen LogP contribution in [0.4, 0.5) is 5.95 Å². The highest BCUT2D eigenvalue weighted by molar-refractivity contribution is 6.42. The van der Waals surface area contributed by atoms with E-state index in [1.54, 1.807) is 35.3 Å². The van der Waals surface area contributed by atoms with E-state index in [1.807, 2.05) is 19.9 Å². The number of nitrogens with one attached hydrogen (secondary N) is 1. The van der Waals surface area contributed by atoms with Crippen LogP contribution < -0.4 is 10.2 Å². The van der Waals surface area contributed by atoms with Crippen LogP contribution in [0.3, 0.4) is 0 Å². The van der Waals surface area contributed by atoms with Crippen LogP contribution >= 0.6 is 23.2 Å². The van der Waals surface area contributed by atoms with Crippen LogP contribution in [0, 0.1) is 13.8 Å². The van der Waals surface area contributed by atoms with E-state index in [-0.39, 0.29) is 18.4 Å². The molecule has 3 aromatic rings. The van der Waals surface area contributed by atoms with Gasteiger partial charge in [-0.05, 0) is 51.0 Å². The van der Waals surface area contributed by atoms with Crippen LogP contribution in [0.5, 0.6) is 0 Å². The second-order valence-electron chi connectivity index (χ2n) is 7.74. The number of rotatable bonds is 5. The third-order valence-electron chi connectivity index (χ3n) is 5.55. The summed E-state index contributed by atoms with van der Waals surface area (Å²) in [4.78, 5) is 23.6. The van der Waals surface area contributed by atoms with Crippen molar-refractivity contribution in [1.82, 2.24) is 25.1 Å². The minimum absolute atomic E-state index is 0.0132. The van der Waals surface area contributed by atoms with Crippen LogP contribution in [-0.4, -0.2) is 44.8 Å². The lowest BCUT2D eigenvalue weighted by atomic mass is 10.0. The van der Waals surface area contributed by atoms with E-state index >= 15 is 0 Å². The van der Waals surface area contributed by atoms with E-state index in [4.69, 9.17) is 23.2 Å². The third kappa shape index (κ3) is 4.83. The summed E-state index contributed by atoms with van der Waals surface area (Å²) in [6.07, 6.45) is 5.67. The Labute approximate surface area is 191 Å². The predicted octanol–water partition coefficient (Wildman–Crippen LogP) is 3.91. The first-order valence-electron chi connectivity index (χ1n) is 10.2. The lowest BCUT2D eigenvalue weighted by Crippen LogP contribution is -2.48. The molecule has 1 N–H and O–H groups in total. The van der Waals surface area contributed by atoms with Gasteiger partial charge >= 0.3 is 0 Å². The van der Waals surface area contributed by atoms with Gasteiger partial charge in [0.15, 0.2) is 0 Å². The van der Waals surface area contributed by atoms with Gasteiger partial charge in [-0.3, -0.25) is 4.79 Å². The van der Waals surface area contributed by atoms with Crippen molar-refractivity contribution >= 4 is 35.1 Å². The maximum Gasteiger partial charge on any atom is 0.225 e. The van der Waals surface area contributed by atoms with Gasteiger partial charge < -0.3 is 10.2 Å². The SMILES string of the molecule is Cc1nn(-c2ccc(Cl)c(Cl)c2)c(C)c1CC(=O)NC1CCCN(c2ncccn2)C1. The van der Waals surface area contributed by atoms with Crippen molar-refractivity contribution in [1.29, 1.82) is 0 Å². The number of piperidine rings is 1. The molecule has 0 spiro atoms. The summed E-state index contributed by atoms with van der Waals surface area (Å²) in [6, 6.07) is 7.24. The molecule has 3 heterocycles. The smallest absolute Gasteiger partial charge is 0.225 e. The van der Waals surface area contributed by atoms with E-state index in [2.05, 4.69) is 25.3 Å². The summed E-state index contributed by atoms with van der Waals surface area (Å²) >= 11 is 12.2. The molecule has 1 aliphatic rings. The first kappa shape index (κ1) is 21.6. The van der Waals surface area contributed by atoms with Crippen molar-refractivity contribution < 1.29 is 4.79 Å². The predicted molar refractivity (Wildman–Crippen MR) is 122 cm³/mol. The zero-order valence-corrected chi connectivity index (χ0v) is 19.0. The topological polar surface area (TPSA) is 75.9 Å².